The monoisotopic (exact) mass is 342 g/mol. The molecule has 0 spiro atoms. The molecule has 1 saturated heterocycles. The number of primary amides is 1. The van der Waals surface area contributed by atoms with Crippen molar-refractivity contribution in [1.29, 1.82) is 0 Å². The summed E-state index contributed by atoms with van der Waals surface area (Å²) in [4.78, 5) is 20.9. The highest BCUT2D eigenvalue weighted by molar-refractivity contribution is 7.98. The van der Waals surface area contributed by atoms with Crippen LogP contribution in [0.25, 0.3) is 21.8 Å². The van der Waals surface area contributed by atoms with Crippen molar-refractivity contribution in [1.82, 2.24) is 25.1 Å². The molecule has 124 valence electrons. The number of nitrogens with two attached hydrogens (primary N) is 1. The van der Waals surface area contributed by atoms with Crippen molar-refractivity contribution in [2.24, 2.45) is 5.73 Å². The lowest BCUT2D eigenvalue weighted by Crippen LogP contribution is -2.32. The number of hydrogen-bond acceptors (Lipinski definition) is 6. The van der Waals surface area contributed by atoms with Gasteiger partial charge in [0.15, 0.2) is 10.9 Å². The maximum atomic E-state index is 11.9. The lowest BCUT2D eigenvalue weighted by molar-refractivity contribution is 0.0995. The Morgan fingerprint density at radius 3 is 3.04 bits per heavy atom. The van der Waals surface area contributed by atoms with Crippen LogP contribution in [0.4, 0.5) is 0 Å². The second kappa shape index (κ2) is 6.03. The fourth-order valence-electron chi connectivity index (χ4n) is 3.29. The van der Waals surface area contributed by atoms with Gasteiger partial charge in [0.2, 0.25) is 0 Å². The van der Waals surface area contributed by atoms with Gasteiger partial charge in [-0.25, -0.2) is 9.97 Å². The molecule has 0 aliphatic carbocycles. The number of piperidine rings is 1. The Balaban J connectivity index is 2.05. The van der Waals surface area contributed by atoms with Gasteiger partial charge in [-0.1, -0.05) is 17.8 Å². The Morgan fingerprint density at radius 1 is 1.46 bits per heavy atom. The molecule has 4 rings (SSSR count). The van der Waals surface area contributed by atoms with Gasteiger partial charge in [0.25, 0.3) is 5.91 Å². The van der Waals surface area contributed by atoms with E-state index < -0.39 is 5.91 Å². The standard InChI is InChI=1S/C16H18N6OS/c1-24-16-19-7-9-4-5-11-13(15(17)23)21-22(14(11)12(9)20-16)10-3-2-6-18-8-10/h4-5,7,10,18H,2-3,6,8H2,1H3,(H2,17,23). The van der Waals surface area contributed by atoms with E-state index in [1.165, 1.54) is 11.8 Å². The maximum absolute atomic E-state index is 11.9. The molecular weight excluding hydrogens is 324 g/mol. The second-order valence-electron chi connectivity index (χ2n) is 5.91. The average molecular weight is 342 g/mol. The van der Waals surface area contributed by atoms with Gasteiger partial charge >= 0.3 is 0 Å². The third-order valence-electron chi connectivity index (χ3n) is 4.43. The molecule has 0 saturated carbocycles. The molecule has 1 aromatic carbocycles. The van der Waals surface area contributed by atoms with Crippen LogP contribution >= 0.6 is 11.8 Å². The van der Waals surface area contributed by atoms with Crippen molar-refractivity contribution in [2.45, 2.75) is 24.0 Å². The molecule has 0 bridgehead atoms. The van der Waals surface area contributed by atoms with Crippen molar-refractivity contribution in [3.05, 3.63) is 24.0 Å². The van der Waals surface area contributed by atoms with Crippen molar-refractivity contribution >= 4 is 39.5 Å². The van der Waals surface area contributed by atoms with Gasteiger partial charge in [-0.3, -0.25) is 9.48 Å². The summed E-state index contributed by atoms with van der Waals surface area (Å²) in [5, 5.41) is 10.3. The summed E-state index contributed by atoms with van der Waals surface area (Å²) in [6.07, 6.45) is 5.85. The first-order valence-electron chi connectivity index (χ1n) is 7.91. The summed E-state index contributed by atoms with van der Waals surface area (Å²) in [5.41, 5.74) is 7.55. The number of rotatable bonds is 3. The van der Waals surface area contributed by atoms with Crippen LogP contribution in [0.15, 0.2) is 23.5 Å². The van der Waals surface area contributed by atoms with Crippen LogP contribution in [0.2, 0.25) is 0 Å². The van der Waals surface area contributed by atoms with Crippen LogP contribution < -0.4 is 11.1 Å². The van der Waals surface area contributed by atoms with E-state index in [-0.39, 0.29) is 6.04 Å². The third kappa shape index (κ3) is 2.42. The molecule has 24 heavy (non-hydrogen) atoms. The molecule has 1 aliphatic heterocycles. The first-order valence-corrected chi connectivity index (χ1v) is 9.14. The molecule has 7 nitrogen and oxygen atoms in total. The van der Waals surface area contributed by atoms with Crippen LogP contribution in [0, 0.1) is 0 Å². The maximum Gasteiger partial charge on any atom is 0.269 e. The number of nitrogens with zero attached hydrogens (tertiary/aromatic N) is 4. The zero-order chi connectivity index (χ0) is 16.7. The number of carbonyl (C=O) groups excluding carboxylic acids is 1. The predicted molar refractivity (Wildman–Crippen MR) is 94.3 cm³/mol. The van der Waals surface area contributed by atoms with E-state index in [0.29, 0.717) is 10.9 Å². The molecule has 8 heteroatoms. The average Bonchev–Trinajstić information content (AvgIpc) is 3.02. The molecule has 1 atom stereocenters. The molecule has 1 aliphatic rings. The lowest BCUT2D eigenvalue weighted by atomic mass is 10.1. The van der Waals surface area contributed by atoms with Gasteiger partial charge in [0.05, 0.1) is 11.6 Å². The van der Waals surface area contributed by atoms with Crippen molar-refractivity contribution < 1.29 is 4.79 Å². The molecule has 1 unspecified atom stereocenters. The van der Waals surface area contributed by atoms with E-state index in [4.69, 9.17) is 5.73 Å². The molecule has 1 fully saturated rings. The molecule has 3 N–H and O–H groups in total. The number of hydrogen-bond donors (Lipinski definition) is 2. The van der Waals surface area contributed by atoms with Gasteiger partial charge in [-0.05, 0) is 31.7 Å². The number of fused-ring (bicyclic) bond motifs is 3. The molecule has 2 aromatic heterocycles. The fraction of sp³-hybridized carbons (Fsp3) is 0.375. The SMILES string of the molecule is CSc1ncc2ccc3c(C(N)=O)nn(C4CCCNC4)c3c2n1. The summed E-state index contributed by atoms with van der Waals surface area (Å²) in [6, 6.07) is 3.99. The van der Waals surface area contributed by atoms with Gasteiger partial charge in [-0.2, -0.15) is 5.10 Å². The van der Waals surface area contributed by atoms with E-state index in [1.807, 2.05) is 29.3 Å². The fourth-order valence-corrected chi connectivity index (χ4v) is 3.63. The largest absolute Gasteiger partial charge is 0.364 e. The second-order valence-corrected chi connectivity index (χ2v) is 6.69. The minimum Gasteiger partial charge on any atom is -0.364 e. The Morgan fingerprint density at radius 2 is 2.33 bits per heavy atom. The first-order chi connectivity index (χ1) is 11.7. The number of aromatic nitrogens is 4. The summed E-state index contributed by atoms with van der Waals surface area (Å²) in [7, 11) is 0. The van der Waals surface area contributed by atoms with Gasteiger partial charge < -0.3 is 11.1 Å². The molecule has 1 amide bonds. The Hall–Kier alpha value is -2.19. The number of amides is 1. The Bertz CT molecular complexity index is 931. The molecule has 0 radical (unpaired) electrons. The minimum absolute atomic E-state index is 0.188. The third-order valence-corrected chi connectivity index (χ3v) is 4.99. The number of nitrogens with one attached hydrogen (secondary N) is 1. The highest BCUT2D eigenvalue weighted by Gasteiger charge is 2.24. The lowest BCUT2D eigenvalue weighted by Gasteiger charge is -2.24. The Kier molecular flexibility index (Phi) is 3.85. The number of benzene rings is 1. The van der Waals surface area contributed by atoms with E-state index >= 15 is 0 Å². The molecule has 3 heterocycles. The zero-order valence-corrected chi connectivity index (χ0v) is 14.1. The van der Waals surface area contributed by atoms with Crippen molar-refractivity contribution in [2.75, 3.05) is 19.3 Å². The van der Waals surface area contributed by atoms with E-state index in [0.717, 1.165) is 47.7 Å². The first kappa shape index (κ1) is 15.3. The van der Waals surface area contributed by atoms with Crippen molar-refractivity contribution in [3.63, 3.8) is 0 Å². The summed E-state index contributed by atoms with van der Waals surface area (Å²) in [6.45, 7) is 1.84. The normalized spacial score (nSPS) is 18.3. The van der Waals surface area contributed by atoms with Crippen LogP contribution in [-0.4, -0.2) is 45.0 Å². The van der Waals surface area contributed by atoms with E-state index in [1.54, 1.807) is 0 Å². The van der Waals surface area contributed by atoms with E-state index in [2.05, 4.69) is 20.4 Å². The van der Waals surface area contributed by atoms with Crippen LogP contribution in [0.5, 0.6) is 0 Å². The zero-order valence-electron chi connectivity index (χ0n) is 13.3. The van der Waals surface area contributed by atoms with E-state index in [9.17, 15) is 4.79 Å². The minimum atomic E-state index is -0.513. The predicted octanol–water partition coefficient (Wildman–Crippen LogP) is 1.72. The highest BCUT2D eigenvalue weighted by Crippen LogP contribution is 2.31. The van der Waals surface area contributed by atoms with Crippen LogP contribution in [0.3, 0.4) is 0 Å². The van der Waals surface area contributed by atoms with Crippen LogP contribution in [0.1, 0.15) is 29.4 Å². The van der Waals surface area contributed by atoms with Crippen molar-refractivity contribution in [3.8, 4) is 0 Å². The smallest absolute Gasteiger partial charge is 0.269 e. The molecular formula is C16H18N6OS. The summed E-state index contributed by atoms with van der Waals surface area (Å²) < 4.78 is 1.93. The van der Waals surface area contributed by atoms with Gasteiger partial charge in [0, 0.05) is 23.5 Å². The van der Waals surface area contributed by atoms with Gasteiger partial charge in [0.1, 0.15) is 5.52 Å². The quantitative estimate of drug-likeness (QED) is 0.555. The topological polar surface area (TPSA) is 98.7 Å². The Labute approximate surface area is 143 Å². The number of carbonyl (C=O) groups is 1. The molecule has 3 aromatic rings. The summed E-state index contributed by atoms with van der Waals surface area (Å²) in [5.74, 6) is -0.513. The highest BCUT2D eigenvalue weighted by atomic mass is 32.2. The van der Waals surface area contributed by atoms with Crippen LogP contribution in [-0.2, 0) is 0 Å². The number of thioether (sulfide) groups is 1. The summed E-state index contributed by atoms with van der Waals surface area (Å²) >= 11 is 1.49. The van der Waals surface area contributed by atoms with Gasteiger partial charge in [-0.15, -0.1) is 0 Å².